The van der Waals surface area contributed by atoms with Crippen LogP contribution >= 0.6 is 0 Å². The summed E-state index contributed by atoms with van der Waals surface area (Å²) in [6.45, 7) is 0. The molecule has 0 aliphatic rings. The van der Waals surface area contributed by atoms with Crippen LogP contribution in [0.3, 0.4) is 0 Å². The molecular formula is HLaNaNbOZr. The van der Waals surface area contributed by atoms with Gasteiger partial charge in [0, 0.05) is 61.8 Å². The van der Waals surface area contributed by atoms with E-state index in [-0.39, 0.29) is 92.8 Å². The molecule has 0 saturated carbocycles. The van der Waals surface area contributed by atoms with Crippen molar-refractivity contribution in [2.75, 3.05) is 0 Å². The molecule has 0 heterocycles. The molecule has 5 heteroatoms. The van der Waals surface area contributed by atoms with Gasteiger partial charge in [0.2, 0.25) is 0 Å². The minimum absolute atomic E-state index is 0. The zero-order valence-electron chi connectivity index (χ0n) is 3.93. The molecule has 0 aromatic heterocycles. The third kappa shape index (κ3) is 18.4. The summed E-state index contributed by atoms with van der Waals surface area (Å²) >= 11 is 0.500. The Morgan fingerprint density at radius 2 is 1.40 bits per heavy atom. The van der Waals surface area contributed by atoms with Gasteiger partial charge in [-0.25, -0.2) is 0 Å². The third-order valence-electron chi connectivity index (χ3n) is 0. The number of hydrogen-bond acceptors (Lipinski definition) is 1. The quantitative estimate of drug-likeness (QED) is 0.420. The number of hydrogen-bond donors (Lipinski definition) is 0. The van der Waals surface area contributed by atoms with Gasteiger partial charge < -0.3 is 1.43 Å². The molecule has 0 aromatic carbocycles. The topological polar surface area (TPSA) is 17.1 Å². The molecule has 0 unspecified atom stereocenters. The Hall–Kier alpha value is 3.62. The Morgan fingerprint density at radius 1 is 1.40 bits per heavy atom. The van der Waals surface area contributed by atoms with Gasteiger partial charge in [0.1, 0.15) is 0 Å². The molecule has 20 valence electrons. The van der Waals surface area contributed by atoms with Gasteiger partial charge in [-0.05, 0) is 0 Å². The van der Waals surface area contributed by atoms with Gasteiger partial charge >= 0.3 is 53.8 Å². The summed E-state index contributed by atoms with van der Waals surface area (Å²) in [6.07, 6.45) is 0. The van der Waals surface area contributed by atoms with E-state index in [1.807, 2.05) is 0 Å². The summed E-state index contributed by atoms with van der Waals surface area (Å²) < 4.78 is 8.30. The first-order valence-electron chi connectivity index (χ1n) is 0.183. The Morgan fingerprint density at radius 3 is 1.40 bits per heavy atom. The second-order valence-corrected chi connectivity index (χ2v) is 0. The van der Waals surface area contributed by atoms with Gasteiger partial charge in [-0.1, -0.05) is 0 Å². The van der Waals surface area contributed by atoms with E-state index in [0.29, 0.717) is 21.0 Å². The Kier molecular flexibility index (Phi) is 120. The summed E-state index contributed by atoms with van der Waals surface area (Å²) in [5.41, 5.74) is 0. The molecule has 0 aliphatic carbocycles. The average Bonchev–Trinajstić information content (AvgIpc) is 1.00. The van der Waals surface area contributed by atoms with Crippen molar-refractivity contribution in [1.29, 1.82) is 0 Å². The maximum absolute atomic E-state index is 8.30. The molecule has 1 nitrogen and oxygen atoms in total. The molecule has 0 spiro atoms. The van der Waals surface area contributed by atoms with E-state index >= 15 is 0 Å². The second kappa shape index (κ2) is 25.5. The van der Waals surface area contributed by atoms with Gasteiger partial charge in [-0.2, -0.15) is 0 Å². The molecule has 0 fully saturated rings. The molecule has 0 aromatic rings. The molecule has 0 N–H and O–H groups in total. The van der Waals surface area contributed by atoms with E-state index in [9.17, 15) is 0 Å². The summed E-state index contributed by atoms with van der Waals surface area (Å²) in [5, 5.41) is 0. The van der Waals surface area contributed by atoms with Crippen LogP contribution in [-0.2, 0) is 50.5 Å². The van der Waals surface area contributed by atoms with E-state index in [1.54, 1.807) is 0 Å². The fourth-order valence-electron chi connectivity index (χ4n) is 0. The third-order valence-corrected chi connectivity index (χ3v) is 0. The molecule has 5 heavy (non-hydrogen) atoms. The molecular weight excluding hydrogens is 362 g/mol. The van der Waals surface area contributed by atoms with Crippen LogP contribution in [-0.4, -0.2) is 0 Å². The number of rotatable bonds is 0. The van der Waals surface area contributed by atoms with E-state index in [1.165, 1.54) is 0 Å². The van der Waals surface area contributed by atoms with E-state index in [0.717, 1.165) is 0 Å². The Labute approximate surface area is 114 Å². The van der Waals surface area contributed by atoms with Crippen molar-refractivity contribution in [2.24, 2.45) is 0 Å². The fraction of sp³-hybridized carbons (Fsp3) is 0. The van der Waals surface area contributed by atoms with E-state index in [2.05, 4.69) is 0 Å². The van der Waals surface area contributed by atoms with Gasteiger partial charge in [0.05, 0.1) is 0 Å². The normalized spacial score (nSPS) is 0.600. The standard InChI is InChI=1S/La.Na.Nb.O.Zr.H/q;+1;;;;-1. The van der Waals surface area contributed by atoms with Gasteiger partial charge in [-0.3, -0.25) is 0 Å². The minimum atomic E-state index is 0. The van der Waals surface area contributed by atoms with Crippen LogP contribution in [0.2, 0.25) is 0 Å². The van der Waals surface area contributed by atoms with Crippen LogP contribution in [0, 0.1) is 35.6 Å². The van der Waals surface area contributed by atoms with Gasteiger partial charge in [0.15, 0.2) is 0 Å². The van der Waals surface area contributed by atoms with Crippen LogP contribution < -0.4 is 29.6 Å². The predicted octanol–water partition coefficient (Wildman–Crippen LogP) is -3.01. The van der Waals surface area contributed by atoms with Crippen molar-refractivity contribution in [2.45, 2.75) is 0 Å². The maximum atomic E-state index is 8.30. The molecule has 1 radical (unpaired) electrons. The molecule has 0 saturated heterocycles. The summed E-state index contributed by atoms with van der Waals surface area (Å²) in [5.74, 6) is 0. The Bertz CT molecular complexity index is 15.5. The zero-order chi connectivity index (χ0) is 2.00. The van der Waals surface area contributed by atoms with Gasteiger partial charge in [0.25, 0.3) is 0 Å². The van der Waals surface area contributed by atoms with Crippen LogP contribution in [0.15, 0.2) is 0 Å². The summed E-state index contributed by atoms with van der Waals surface area (Å²) in [6, 6.07) is 0. The first-order chi connectivity index (χ1) is 1.00. The summed E-state index contributed by atoms with van der Waals surface area (Å²) in [7, 11) is 0. The van der Waals surface area contributed by atoms with E-state index in [4.69, 9.17) is 3.25 Å². The van der Waals surface area contributed by atoms with Crippen LogP contribution in [0.1, 0.15) is 1.43 Å². The molecule has 0 bridgehead atoms. The summed E-state index contributed by atoms with van der Waals surface area (Å²) in [4.78, 5) is 0. The predicted molar refractivity (Wildman–Crippen MR) is 1.80 cm³/mol. The van der Waals surface area contributed by atoms with Crippen LogP contribution in [0.4, 0.5) is 0 Å². The average molecular weight is 363 g/mol. The minimum Gasteiger partial charge on any atom is 0 e. The second-order valence-electron chi connectivity index (χ2n) is 0. The smallest absolute Gasteiger partial charge is 0 e. The van der Waals surface area contributed by atoms with Crippen molar-refractivity contribution in [3.8, 4) is 0 Å². The molecule has 0 amide bonds. The van der Waals surface area contributed by atoms with Crippen molar-refractivity contribution >= 4 is 0 Å². The molecule has 0 aliphatic heterocycles. The van der Waals surface area contributed by atoms with Crippen molar-refractivity contribution in [1.82, 2.24) is 0 Å². The van der Waals surface area contributed by atoms with Gasteiger partial charge in [-0.15, -0.1) is 0 Å². The van der Waals surface area contributed by atoms with Crippen molar-refractivity contribution < 1.29 is 117 Å². The first kappa shape index (κ1) is 23.5. The monoisotopic (exact) mass is 362 g/mol. The van der Waals surface area contributed by atoms with Crippen molar-refractivity contribution in [3.05, 3.63) is 0 Å². The zero-order valence-corrected chi connectivity index (χ0v) is 13.2. The Balaban J connectivity index is -0.000000000833. The molecule has 0 atom stereocenters. The van der Waals surface area contributed by atoms with Crippen LogP contribution in [0.5, 0.6) is 0 Å². The first-order valence-corrected chi connectivity index (χ1v) is 1.08. The van der Waals surface area contributed by atoms with Crippen molar-refractivity contribution in [3.63, 3.8) is 0 Å². The van der Waals surface area contributed by atoms with Crippen LogP contribution in [0.25, 0.3) is 0 Å². The van der Waals surface area contributed by atoms with E-state index < -0.39 is 0 Å². The SMILES string of the molecule is [H-].[La].[Na+].[O]=[Nb].[Zr]. The molecule has 0 rings (SSSR count). The fourth-order valence-corrected chi connectivity index (χ4v) is 0. The largest absolute Gasteiger partial charge is 0 e. The maximum Gasteiger partial charge on any atom is 0 e.